The average Bonchev–Trinajstić information content (AvgIpc) is 2.52. The van der Waals surface area contributed by atoms with Crippen molar-refractivity contribution >= 4 is 16.9 Å². The zero-order chi connectivity index (χ0) is 10.4. The SMILES string of the molecule is Cc1nc2c3c(n[n-]c3n1)OCCN2C.[Re]. The molecular weight excluding hydrogens is 380 g/mol. The van der Waals surface area contributed by atoms with Gasteiger partial charge in [0.1, 0.15) is 12.4 Å². The van der Waals surface area contributed by atoms with E-state index in [1.807, 2.05) is 18.9 Å². The summed E-state index contributed by atoms with van der Waals surface area (Å²) in [7, 11) is 1.98. The Kier molecular flexibility index (Phi) is 2.82. The molecule has 0 saturated carbocycles. The van der Waals surface area contributed by atoms with Crippen LogP contribution < -0.4 is 14.7 Å². The van der Waals surface area contributed by atoms with Gasteiger partial charge in [0.2, 0.25) is 5.88 Å². The maximum Gasteiger partial charge on any atom is 0.223 e. The molecule has 0 aliphatic carbocycles. The number of ether oxygens (including phenoxy) is 1. The molecule has 0 unspecified atom stereocenters. The van der Waals surface area contributed by atoms with Crippen LogP contribution in [0.3, 0.4) is 0 Å². The minimum absolute atomic E-state index is 0. The van der Waals surface area contributed by atoms with E-state index in [4.69, 9.17) is 4.74 Å². The number of likely N-dealkylation sites (N-methyl/N-ethyl adjacent to an activating group) is 1. The molecular formula is C9H10N5ORe-. The molecule has 1 aliphatic heterocycles. The largest absolute Gasteiger partial charge is 0.475 e. The number of anilines is 1. The maximum absolute atomic E-state index is 5.48. The normalized spacial score (nSPS) is 14.2. The van der Waals surface area contributed by atoms with E-state index in [1.54, 1.807) is 0 Å². The van der Waals surface area contributed by atoms with Crippen molar-refractivity contribution in [1.29, 1.82) is 0 Å². The molecule has 0 bridgehead atoms. The van der Waals surface area contributed by atoms with Gasteiger partial charge in [-0.25, -0.2) is 10.1 Å². The van der Waals surface area contributed by atoms with Gasteiger partial charge in [0, 0.05) is 33.3 Å². The molecule has 0 fully saturated rings. The van der Waals surface area contributed by atoms with Crippen molar-refractivity contribution in [3.63, 3.8) is 0 Å². The van der Waals surface area contributed by atoms with Crippen LogP contribution in [-0.4, -0.2) is 35.3 Å². The molecule has 2 aromatic heterocycles. The summed E-state index contributed by atoms with van der Waals surface area (Å²) in [6, 6.07) is 0. The second kappa shape index (κ2) is 4.00. The zero-order valence-corrected chi connectivity index (χ0v) is 11.7. The Morgan fingerprint density at radius 2 is 2.19 bits per heavy atom. The molecule has 6 nitrogen and oxygen atoms in total. The summed E-state index contributed by atoms with van der Waals surface area (Å²) in [5.41, 5.74) is 0.612. The van der Waals surface area contributed by atoms with E-state index in [0.717, 1.165) is 17.7 Å². The van der Waals surface area contributed by atoms with Gasteiger partial charge in [0.15, 0.2) is 0 Å². The molecule has 7 heteroatoms. The number of hydrogen-bond acceptors (Lipinski definition) is 5. The third-order valence-corrected chi connectivity index (χ3v) is 2.46. The molecule has 2 aromatic rings. The molecule has 0 spiro atoms. The summed E-state index contributed by atoms with van der Waals surface area (Å²) in [6.07, 6.45) is 0. The Bertz CT molecular complexity index is 526. The van der Waals surface area contributed by atoms with Crippen LogP contribution in [0.1, 0.15) is 5.82 Å². The average molecular weight is 390 g/mol. The molecule has 0 aromatic carbocycles. The number of rotatable bonds is 0. The molecule has 0 atom stereocenters. The zero-order valence-electron chi connectivity index (χ0n) is 8.94. The summed E-state index contributed by atoms with van der Waals surface area (Å²) < 4.78 is 5.48. The van der Waals surface area contributed by atoms with Crippen molar-refractivity contribution in [1.82, 2.24) is 20.2 Å². The summed E-state index contributed by atoms with van der Waals surface area (Å²) in [6.45, 7) is 3.24. The van der Waals surface area contributed by atoms with Gasteiger partial charge in [-0.1, -0.05) is 0 Å². The number of aromatic nitrogens is 4. The maximum atomic E-state index is 5.48. The Balaban J connectivity index is 0.000000963. The molecule has 16 heavy (non-hydrogen) atoms. The molecule has 0 N–H and O–H groups in total. The number of nitrogens with zero attached hydrogens (tertiary/aromatic N) is 5. The molecule has 1 radical (unpaired) electrons. The van der Waals surface area contributed by atoms with Crippen molar-refractivity contribution in [3.8, 4) is 5.88 Å². The first-order valence-electron chi connectivity index (χ1n) is 4.77. The van der Waals surface area contributed by atoms with Crippen LogP contribution in [0.5, 0.6) is 5.88 Å². The predicted octanol–water partition coefficient (Wildman–Crippen LogP) is 0.117. The van der Waals surface area contributed by atoms with Crippen molar-refractivity contribution < 1.29 is 25.2 Å². The fourth-order valence-electron chi connectivity index (χ4n) is 1.71. The molecule has 3 rings (SSSR count). The van der Waals surface area contributed by atoms with Crippen LogP contribution in [0.15, 0.2) is 0 Å². The first-order chi connectivity index (χ1) is 7.25. The van der Waals surface area contributed by atoms with Crippen molar-refractivity contribution in [3.05, 3.63) is 5.82 Å². The fourth-order valence-corrected chi connectivity index (χ4v) is 1.71. The molecule has 0 amide bonds. The first-order valence-corrected chi connectivity index (χ1v) is 4.77. The van der Waals surface area contributed by atoms with Crippen LogP contribution in [-0.2, 0) is 20.4 Å². The smallest absolute Gasteiger partial charge is 0.223 e. The van der Waals surface area contributed by atoms with Gasteiger partial charge in [-0.15, -0.1) is 0 Å². The van der Waals surface area contributed by atoms with E-state index >= 15 is 0 Å². The number of hydrogen-bond donors (Lipinski definition) is 0. The van der Waals surface area contributed by atoms with E-state index in [2.05, 4.69) is 20.2 Å². The van der Waals surface area contributed by atoms with Crippen molar-refractivity contribution in [2.45, 2.75) is 6.92 Å². The Morgan fingerprint density at radius 3 is 3.00 bits per heavy atom. The molecule has 1 aliphatic rings. The molecule has 0 saturated heterocycles. The van der Waals surface area contributed by atoms with Crippen LogP contribution in [0.2, 0.25) is 0 Å². The topological polar surface area (TPSA) is 65.2 Å². The van der Waals surface area contributed by atoms with Gasteiger partial charge in [0.05, 0.1) is 11.9 Å². The van der Waals surface area contributed by atoms with E-state index in [9.17, 15) is 0 Å². The van der Waals surface area contributed by atoms with Crippen LogP contribution in [0.4, 0.5) is 5.82 Å². The summed E-state index contributed by atoms with van der Waals surface area (Å²) in [5, 5.41) is 8.75. The van der Waals surface area contributed by atoms with Gasteiger partial charge in [-0.3, -0.25) is 0 Å². The molecule has 3 heterocycles. The quantitative estimate of drug-likeness (QED) is 0.637. The third-order valence-electron chi connectivity index (χ3n) is 2.46. The van der Waals surface area contributed by atoms with Crippen LogP contribution >= 0.6 is 0 Å². The summed E-state index contributed by atoms with van der Waals surface area (Å²) in [5.74, 6) is 2.11. The summed E-state index contributed by atoms with van der Waals surface area (Å²) >= 11 is 0. The van der Waals surface area contributed by atoms with Gasteiger partial charge in [-0.05, 0) is 12.6 Å². The van der Waals surface area contributed by atoms with E-state index in [-0.39, 0.29) is 20.4 Å². The summed E-state index contributed by atoms with van der Waals surface area (Å²) in [4.78, 5) is 10.7. The van der Waals surface area contributed by atoms with Crippen molar-refractivity contribution in [2.75, 3.05) is 25.1 Å². The van der Waals surface area contributed by atoms with E-state index in [0.29, 0.717) is 24.0 Å². The van der Waals surface area contributed by atoms with Crippen LogP contribution in [0, 0.1) is 6.92 Å². The van der Waals surface area contributed by atoms with Gasteiger partial charge < -0.3 is 19.7 Å². The number of aryl methyl sites for hydroxylation is 1. The van der Waals surface area contributed by atoms with Gasteiger partial charge >= 0.3 is 0 Å². The van der Waals surface area contributed by atoms with Crippen molar-refractivity contribution in [2.24, 2.45) is 0 Å². The standard InChI is InChI=1S/C9H10N5O.Re/c1-5-10-7-6-8(11-5)14(2)3-4-15-9(6)13-12-7;/h3-4H2,1-2H3;/q-1;. The molecule has 85 valence electrons. The third kappa shape index (κ3) is 1.56. The Labute approximate surface area is 106 Å². The first kappa shape index (κ1) is 11.3. The predicted molar refractivity (Wildman–Crippen MR) is 54.2 cm³/mol. The van der Waals surface area contributed by atoms with E-state index in [1.165, 1.54) is 0 Å². The second-order valence-corrected chi connectivity index (χ2v) is 3.57. The fraction of sp³-hybridized carbons (Fsp3) is 0.444. The minimum Gasteiger partial charge on any atom is -0.475 e. The van der Waals surface area contributed by atoms with Crippen LogP contribution in [0.25, 0.3) is 11.0 Å². The van der Waals surface area contributed by atoms with Gasteiger partial charge in [0.25, 0.3) is 0 Å². The minimum atomic E-state index is 0. The Hall–Kier alpha value is -1.19. The monoisotopic (exact) mass is 391 g/mol. The van der Waals surface area contributed by atoms with E-state index < -0.39 is 0 Å². The second-order valence-electron chi connectivity index (χ2n) is 3.57. The van der Waals surface area contributed by atoms with Gasteiger partial charge in [-0.2, -0.15) is 0 Å². The Morgan fingerprint density at radius 1 is 1.38 bits per heavy atom.